The average Bonchev–Trinajstić information content (AvgIpc) is 2.37. The van der Waals surface area contributed by atoms with Crippen molar-refractivity contribution in [2.75, 3.05) is 13.7 Å². The van der Waals surface area contributed by atoms with E-state index in [2.05, 4.69) is 15.9 Å². The summed E-state index contributed by atoms with van der Waals surface area (Å²) >= 11 is 3.41. The molecular formula is C13H15BrO4. The van der Waals surface area contributed by atoms with Crippen molar-refractivity contribution in [2.45, 2.75) is 25.6 Å². The van der Waals surface area contributed by atoms with Crippen LogP contribution in [0, 0.1) is 0 Å². The smallest absolute Gasteiger partial charge is 0.175 e. The van der Waals surface area contributed by atoms with Crippen LogP contribution in [-0.2, 0) is 9.53 Å². The van der Waals surface area contributed by atoms with Crippen LogP contribution in [0.2, 0.25) is 0 Å². The highest BCUT2D eigenvalue weighted by Gasteiger charge is 2.43. The second-order valence-corrected chi connectivity index (χ2v) is 4.83. The van der Waals surface area contributed by atoms with Crippen LogP contribution in [0.4, 0.5) is 0 Å². The number of rotatable bonds is 5. The maximum Gasteiger partial charge on any atom is 0.175 e. The first-order valence-electron chi connectivity index (χ1n) is 5.80. The van der Waals surface area contributed by atoms with E-state index in [9.17, 15) is 4.79 Å². The number of carbonyl (C=O) groups excluding carboxylic acids is 1. The number of hydrogen-bond acceptors (Lipinski definition) is 4. The van der Waals surface area contributed by atoms with Crippen molar-refractivity contribution in [1.82, 2.24) is 0 Å². The van der Waals surface area contributed by atoms with Crippen molar-refractivity contribution >= 4 is 21.7 Å². The van der Waals surface area contributed by atoms with Gasteiger partial charge in [0.2, 0.25) is 0 Å². The monoisotopic (exact) mass is 314 g/mol. The Balaban J connectivity index is 2.12. The summed E-state index contributed by atoms with van der Waals surface area (Å²) in [5.74, 6) is 1.34. The van der Waals surface area contributed by atoms with Crippen LogP contribution in [0.3, 0.4) is 0 Å². The van der Waals surface area contributed by atoms with Gasteiger partial charge in [-0.15, -0.1) is 0 Å². The third-order valence-corrected chi connectivity index (χ3v) is 3.45. The van der Waals surface area contributed by atoms with Crippen LogP contribution >= 0.6 is 15.9 Å². The lowest BCUT2D eigenvalue weighted by atomic mass is 9.90. The zero-order chi connectivity index (χ0) is 13.1. The molecule has 1 aliphatic rings. The third kappa shape index (κ3) is 2.52. The Kier molecular flexibility index (Phi) is 4.24. The average molecular weight is 315 g/mol. The SMILES string of the molecule is CCOC1C(=O)CC1Oc1c(Br)cccc1OC. The molecule has 2 atom stereocenters. The maximum absolute atomic E-state index is 11.4. The van der Waals surface area contributed by atoms with Gasteiger partial charge in [0.1, 0.15) is 6.10 Å². The summed E-state index contributed by atoms with van der Waals surface area (Å²) in [7, 11) is 1.58. The summed E-state index contributed by atoms with van der Waals surface area (Å²) in [5.41, 5.74) is 0. The Morgan fingerprint density at radius 1 is 1.44 bits per heavy atom. The largest absolute Gasteiger partial charge is 0.493 e. The summed E-state index contributed by atoms with van der Waals surface area (Å²) in [6, 6.07) is 5.55. The molecule has 18 heavy (non-hydrogen) atoms. The van der Waals surface area contributed by atoms with Crippen LogP contribution in [0.25, 0.3) is 0 Å². The van der Waals surface area contributed by atoms with E-state index in [1.807, 2.05) is 25.1 Å². The highest BCUT2D eigenvalue weighted by molar-refractivity contribution is 9.10. The van der Waals surface area contributed by atoms with E-state index in [-0.39, 0.29) is 11.9 Å². The quantitative estimate of drug-likeness (QED) is 0.838. The maximum atomic E-state index is 11.4. The first-order chi connectivity index (χ1) is 8.67. The summed E-state index contributed by atoms with van der Waals surface area (Å²) in [6.45, 7) is 2.37. The summed E-state index contributed by atoms with van der Waals surface area (Å²) in [4.78, 5) is 11.4. The minimum Gasteiger partial charge on any atom is -0.493 e. The minimum absolute atomic E-state index is 0.0906. The number of halogens is 1. The van der Waals surface area contributed by atoms with Crippen LogP contribution < -0.4 is 9.47 Å². The van der Waals surface area contributed by atoms with Crippen molar-refractivity contribution in [3.8, 4) is 11.5 Å². The molecule has 0 spiro atoms. The number of ketones is 1. The molecule has 0 aromatic heterocycles. The molecule has 98 valence electrons. The number of benzene rings is 1. The van der Waals surface area contributed by atoms with Gasteiger partial charge in [-0.25, -0.2) is 0 Å². The second kappa shape index (κ2) is 5.71. The molecule has 1 aromatic rings. The molecule has 0 N–H and O–H groups in total. The number of para-hydroxylation sites is 1. The minimum atomic E-state index is -0.452. The van der Waals surface area contributed by atoms with E-state index in [1.54, 1.807) is 7.11 Å². The van der Waals surface area contributed by atoms with Gasteiger partial charge in [0.25, 0.3) is 0 Å². The molecule has 0 saturated heterocycles. The van der Waals surface area contributed by atoms with Crippen molar-refractivity contribution in [3.05, 3.63) is 22.7 Å². The standard InChI is InChI=1S/C13H15BrO4/c1-3-17-13-9(15)7-11(13)18-12-8(14)5-4-6-10(12)16-2/h4-6,11,13H,3,7H2,1-2H3. The second-order valence-electron chi connectivity index (χ2n) is 3.97. The summed E-state index contributed by atoms with van der Waals surface area (Å²) in [5, 5.41) is 0. The lowest BCUT2D eigenvalue weighted by molar-refractivity contribution is -0.154. The van der Waals surface area contributed by atoms with Gasteiger partial charge in [0.15, 0.2) is 23.4 Å². The lowest BCUT2D eigenvalue weighted by Gasteiger charge is -2.34. The van der Waals surface area contributed by atoms with Gasteiger partial charge < -0.3 is 14.2 Å². The van der Waals surface area contributed by atoms with Crippen molar-refractivity contribution in [2.24, 2.45) is 0 Å². The summed E-state index contributed by atoms with van der Waals surface area (Å²) < 4.78 is 17.2. The fourth-order valence-corrected chi connectivity index (χ4v) is 2.31. The van der Waals surface area contributed by atoms with Gasteiger partial charge in [-0.2, -0.15) is 0 Å². The molecule has 2 rings (SSSR count). The van der Waals surface area contributed by atoms with Crippen molar-refractivity contribution in [1.29, 1.82) is 0 Å². The molecule has 4 nitrogen and oxygen atoms in total. The van der Waals surface area contributed by atoms with E-state index >= 15 is 0 Å². The Morgan fingerprint density at radius 3 is 2.83 bits per heavy atom. The van der Waals surface area contributed by atoms with Crippen LogP contribution in [0.15, 0.2) is 22.7 Å². The Hall–Kier alpha value is -1.07. The Labute approximate surface area is 114 Å². The molecule has 1 aliphatic carbocycles. The molecule has 2 unspecified atom stereocenters. The topological polar surface area (TPSA) is 44.8 Å². The lowest BCUT2D eigenvalue weighted by Crippen LogP contribution is -2.52. The molecule has 0 bridgehead atoms. The van der Waals surface area contributed by atoms with E-state index in [1.165, 1.54) is 0 Å². The number of methoxy groups -OCH3 is 1. The number of Topliss-reactive ketones (excluding diaryl/α,β-unsaturated/α-hetero) is 1. The number of ether oxygens (including phenoxy) is 3. The van der Waals surface area contributed by atoms with Crippen molar-refractivity contribution in [3.63, 3.8) is 0 Å². The molecule has 0 aliphatic heterocycles. The van der Waals surface area contributed by atoms with Crippen molar-refractivity contribution < 1.29 is 19.0 Å². The zero-order valence-corrected chi connectivity index (χ0v) is 11.9. The first kappa shape index (κ1) is 13.4. The zero-order valence-electron chi connectivity index (χ0n) is 10.3. The normalized spacial score (nSPS) is 22.5. The third-order valence-electron chi connectivity index (χ3n) is 2.82. The molecule has 5 heteroatoms. The van der Waals surface area contributed by atoms with Gasteiger partial charge in [-0.3, -0.25) is 4.79 Å². The number of hydrogen-bond donors (Lipinski definition) is 0. The van der Waals surface area contributed by atoms with Crippen LogP contribution in [0.1, 0.15) is 13.3 Å². The van der Waals surface area contributed by atoms with Gasteiger partial charge in [-0.05, 0) is 35.0 Å². The fourth-order valence-electron chi connectivity index (χ4n) is 1.87. The van der Waals surface area contributed by atoms with Crippen LogP contribution in [0.5, 0.6) is 11.5 Å². The predicted octanol–water partition coefficient (Wildman–Crippen LogP) is 2.58. The van der Waals surface area contributed by atoms with Gasteiger partial charge in [0.05, 0.1) is 11.6 Å². The molecule has 1 saturated carbocycles. The van der Waals surface area contributed by atoms with Gasteiger partial charge in [0, 0.05) is 13.0 Å². The molecule has 0 heterocycles. The predicted molar refractivity (Wildman–Crippen MR) is 70.1 cm³/mol. The molecule has 1 aromatic carbocycles. The highest BCUT2D eigenvalue weighted by atomic mass is 79.9. The summed E-state index contributed by atoms with van der Waals surface area (Å²) in [6.07, 6.45) is -0.299. The Bertz CT molecular complexity index is 447. The van der Waals surface area contributed by atoms with Crippen LogP contribution in [-0.4, -0.2) is 31.7 Å². The molecular weight excluding hydrogens is 300 g/mol. The van der Waals surface area contributed by atoms with Gasteiger partial charge in [-0.1, -0.05) is 6.07 Å². The first-order valence-corrected chi connectivity index (χ1v) is 6.60. The van der Waals surface area contributed by atoms with E-state index < -0.39 is 6.10 Å². The van der Waals surface area contributed by atoms with Gasteiger partial charge >= 0.3 is 0 Å². The van der Waals surface area contributed by atoms with E-state index in [4.69, 9.17) is 14.2 Å². The Morgan fingerprint density at radius 2 is 2.22 bits per heavy atom. The molecule has 0 radical (unpaired) electrons. The number of carbonyl (C=O) groups is 1. The molecule has 1 fully saturated rings. The highest BCUT2D eigenvalue weighted by Crippen LogP contribution is 2.38. The molecule has 0 amide bonds. The fraction of sp³-hybridized carbons (Fsp3) is 0.462. The van der Waals surface area contributed by atoms with E-state index in [0.29, 0.717) is 24.5 Å². The van der Waals surface area contributed by atoms with E-state index in [0.717, 1.165) is 4.47 Å².